The van der Waals surface area contributed by atoms with Gasteiger partial charge < -0.3 is 19.9 Å². The number of rotatable bonds is 6. The topological polar surface area (TPSA) is 61.9 Å². The Balaban J connectivity index is 1.52. The third-order valence-corrected chi connectivity index (χ3v) is 5.05. The van der Waals surface area contributed by atoms with Gasteiger partial charge in [0.15, 0.2) is 0 Å². The largest absolute Gasteiger partial charge is 0.495 e. The lowest BCUT2D eigenvalue weighted by Crippen LogP contribution is -2.40. The summed E-state index contributed by atoms with van der Waals surface area (Å²) >= 11 is 0. The highest BCUT2D eigenvalue weighted by atomic mass is 16.5. The van der Waals surface area contributed by atoms with Crippen LogP contribution in [-0.2, 0) is 9.59 Å². The second-order valence-electron chi connectivity index (χ2n) is 6.77. The van der Waals surface area contributed by atoms with Gasteiger partial charge in [0, 0.05) is 26.1 Å². The zero-order valence-corrected chi connectivity index (χ0v) is 14.9. The van der Waals surface area contributed by atoms with Crippen LogP contribution in [0.4, 0.5) is 5.69 Å². The Labute approximate surface area is 149 Å². The molecular formula is C19H27N3O3. The minimum Gasteiger partial charge on any atom is -0.495 e. The summed E-state index contributed by atoms with van der Waals surface area (Å²) in [5.41, 5.74) is 0.735. The third-order valence-electron chi connectivity index (χ3n) is 5.05. The van der Waals surface area contributed by atoms with Gasteiger partial charge in [0.2, 0.25) is 11.8 Å². The average Bonchev–Trinajstić information content (AvgIpc) is 3.04. The number of anilines is 1. The van der Waals surface area contributed by atoms with Crippen molar-refractivity contribution < 1.29 is 14.3 Å². The standard InChI is InChI=1S/C19H27N3O3/c1-25-17-8-4-3-7-16(17)22-14-15(13-18(22)23)19(24)20-9-12-21-10-5-2-6-11-21/h3-4,7-8,15H,2,5-6,9-14H2,1H3,(H,20,24)/t15-/m1/s1. The fourth-order valence-electron chi connectivity index (χ4n) is 3.63. The molecule has 2 saturated heterocycles. The van der Waals surface area contributed by atoms with Crippen molar-refractivity contribution in [2.24, 2.45) is 5.92 Å². The van der Waals surface area contributed by atoms with Crippen molar-refractivity contribution in [3.63, 3.8) is 0 Å². The fraction of sp³-hybridized carbons (Fsp3) is 0.579. The lowest BCUT2D eigenvalue weighted by atomic mass is 10.1. The normalized spacial score (nSPS) is 21.4. The lowest BCUT2D eigenvalue weighted by molar-refractivity contribution is -0.126. The number of nitrogens with one attached hydrogen (secondary N) is 1. The van der Waals surface area contributed by atoms with E-state index in [1.54, 1.807) is 12.0 Å². The maximum atomic E-state index is 12.4. The highest BCUT2D eigenvalue weighted by Crippen LogP contribution is 2.32. The van der Waals surface area contributed by atoms with Crippen LogP contribution in [0.15, 0.2) is 24.3 Å². The van der Waals surface area contributed by atoms with Gasteiger partial charge in [-0.3, -0.25) is 9.59 Å². The predicted octanol–water partition coefficient (Wildman–Crippen LogP) is 1.65. The number of methoxy groups -OCH3 is 1. The quantitative estimate of drug-likeness (QED) is 0.852. The van der Waals surface area contributed by atoms with Crippen molar-refractivity contribution in [2.75, 3.05) is 44.7 Å². The molecule has 136 valence electrons. The van der Waals surface area contributed by atoms with E-state index in [0.717, 1.165) is 25.3 Å². The van der Waals surface area contributed by atoms with Crippen LogP contribution in [-0.4, -0.2) is 56.5 Å². The molecule has 2 aliphatic rings. The predicted molar refractivity (Wildman–Crippen MR) is 96.8 cm³/mol. The molecule has 0 unspecified atom stereocenters. The van der Waals surface area contributed by atoms with Gasteiger partial charge >= 0.3 is 0 Å². The molecule has 1 atom stereocenters. The van der Waals surface area contributed by atoms with Crippen LogP contribution in [0.5, 0.6) is 5.75 Å². The van der Waals surface area contributed by atoms with Crippen LogP contribution < -0.4 is 15.0 Å². The number of piperidine rings is 1. The second kappa shape index (κ2) is 8.34. The molecule has 0 aromatic heterocycles. The highest BCUT2D eigenvalue weighted by molar-refractivity contribution is 6.01. The molecule has 0 saturated carbocycles. The molecule has 0 bridgehead atoms. The molecular weight excluding hydrogens is 318 g/mol. The SMILES string of the molecule is COc1ccccc1N1C[C@H](C(=O)NCCN2CCCCC2)CC1=O. The Kier molecular flexibility index (Phi) is 5.91. The van der Waals surface area contributed by atoms with E-state index in [4.69, 9.17) is 4.74 Å². The summed E-state index contributed by atoms with van der Waals surface area (Å²) in [5, 5.41) is 3.00. The Morgan fingerprint density at radius 3 is 2.76 bits per heavy atom. The number of carbonyl (C=O) groups excluding carboxylic acids is 2. The molecule has 2 aliphatic heterocycles. The van der Waals surface area contributed by atoms with E-state index >= 15 is 0 Å². The summed E-state index contributed by atoms with van der Waals surface area (Å²) in [5.74, 6) is 0.309. The van der Waals surface area contributed by atoms with Gasteiger partial charge in [-0.2, -0.15) is 0 Å². The summed E-state index contributed by atoms with van der Waals surface area (Å²) in [6.45, 7) is 4.20. The van der Waals surface area contributed by atoms with Crippen molar-refractivity contribution in [1.29, 1.82) is 0 Å². The summed E-state index contributed by atoms with van der Waals surface area (Å²) in [6, 6.07) is 7.42. The van der Waals surface area contributed by atoms with Crippen LogP contribution in [0.3, 0.4) is 0 Å². The van der Waals surface area contributed by atoms with Crippen LogP contribution >= 0.6 is 0 Å². The number of nitrogens with zero attached hydrogens (tertiary/aromatic N) is 2. The minimum absolute atomic E-state index is 0.0252. The molecule has 1 N–H and O–H groups in total. The van der Waals surface area contributed by atoms with Crippen LogP contribution in [0.2, 0.25) is 0 Å². The number of para-hydroxylation sites is 2. The summed E-state index contributed by atoms with van der Waals surface area (Å²) in [6.07, 6.45) is 4.07. The van der Waals surface area contributed by atoms with E-state index in [2.05, 4.69) is 10.2 Å². The van der Waals surface area contributed by atoms with E-state index in [-0.39, 0.29) is 24.2 Å². The van der Waals surface area contributed by atoms with Crippen LogP contribution in [0.1, 0.15) is 25.7 Å². The molecule has 2 heterocycles. The molecule has 1 aromatic rings. The van der Waals surface area contributed by atoms with Gasteiger partial charge in [0.25, 0.3) is 0 Å². The van der Waals surface area contributed by atoms with E-state index in [1.165, 1.54) is 19.3 Å². The molecule has 2 fully saturated rings. The Morgan fingerprint density at radius 1 is 1.24 bits per heavy atom. The zero-order chi connectivity index (χ0) is 17.6. The molecule has 3 rings (SSSR count). The number of amides is 2. The number of hydrogen-bond acceptors (Lipinski definition) is 4. The maximum absolute atomic E-state index is 12.4. The Hall–Kier alpha value is -2.08. The molecule has 0 aliphatic carbocycles. The molecule has 6 nitrogen and oxygen atoms in total. The highest BCUT2D eigenvalue weighted by Gasteiger charge is 2.36. The molecule has 0 spiro atoms. The molecule has 6 heteroatoms. The van der Waals surface area contributed by atoms with Crippen molar-refractivity contribution in [3.05, 3.63) is 24.3 Å². The number of likely N-dealkylation sites (tertiary alicyclic amines) is 1. The summed E-state index contributed by atoms with van der Waals surface area (Å²) in [4.78, 5) is 28.8. The monoisotopic (exact) mass is 345 g/mol. The van der Waals surface area contributed by atoms with Gasteiger partial charge in [-0.05, 0) is 38.1 Å². The number of ether oxygens (including phenoxy) is 1. The van der Waals surface area contributed by atoms with E-state index in [1.807, 2.05) is 24.3 Å². The smallest absolute Gasteiger partial charge is 0.227 e. The van der Waals surface area contributed by atoms with Gasteiger partial charge in [-0.15, -0.1) is 0 Å². The van der Waals surface area contributed by atoms with Gasteiger partial charge in [-0.1, -0.05) is 18.6 Å². The van der Waals surface area contributed by atoms with Crippen molar-refractivity contribution in [2.45, 2.75) is 25.7 Å². The van der Waals surface area contributed by atoms with E-state index in [0.29, 0.717) is 18.8 Å². The van der Waals surface area contributed by atoms with Gasteiger partial charge in [0.1, 0.15) is 5.75 Å². The van der Waals surface area contributed by atoms with E-state index in [9.17, 15) is 9.59 Å². The van der Waals surface area contributed by atoms with Crippen LogP contribution in [0, 0.1) is 5.92 Å². The second-order valence-corrected chi connectivity index (χ2v) is 6.77. The van der Waals surface area contributed by atoms with Gasteiger partial charge in [0.05, 0.1) is 18.7 Å². The molecule has 0 radical (unpaired) electrons. The molecule has 25 heavy (non-hydrogen) atoms. The minimum atomic E-state index is -0.293. The summed E-state index contributed by atoms with van der Waals surface area (Å²) < 4.78 is 5.33. The number of hydrogen-bond donors (Lipinski definition) is 1. The number of benzene rings is 1. The fourth-order valence-corrected chi connectivity index (χ4v) is 3.63. The first-order chi connectivity index (χ1) is 12.2. The van der Waals surface area contributed by atoms with Gasteiger partial charge in [-0.25, -0.2) is 0 Å². The lowest BCUT2D eigenvalue weighted by Gasteiger charge is -2.26. The maximum Gasteiger partial charge on any atom is 0.227 e. The zero-order valence-electron chi connectivity index (χ0n) is 14.9. The Morgan fingerprint density at radius 2 is 2.00 bits per heavy atom. The number of carbonyl (C=O) groups is 2. The van der Waals surface area contributed by atoms with Crippen LogP contribution in [0.25, 0.3) is 0 Å². The third kappa shape index (κ3) is 4.31. The first-order valence-electron chi connectivity index (χ1n) is 9.12. The molecule has 1 aromatic carbocycles. The average molecular weight is 345 g/mol. The Bertz CT molecular complexity index is 614. The van der Waals surface area contributed by atoms with Crippen molar-refractivity contribution in [1.82, 2.24) is 10.2 Å². The first kappa shape index (κ1) is 17.7. The molecule has 2 amide bonds. The van der Waals surface area contributed by atoms with Crippen molar-refractivity contribution >= 4 is 17.5 Å². The van der Waals surface area contributed by atoms with Crippen molar-refractivity contribution in [3.8, 4) is 5.75 Å². The van der Waals surface area contributed by atoms with E-state index < -0.39 is 0 Å². The summed E-state index contributed by atoms with van der Waals surface area (Å²) in [7, 11) is 1.59. The first-order valence-corrected chi connectivity index (χ1v) is 9.12.